The molecule has 2 N–H and O–H groups in total. The SMILES string of the molecule is CCCN(CC)C1CCc2ccccc2C1N. The van der Waals surface area contributed by atoms with E-state index in [4.69, 9.17) is 5.73 Å². The molecule has 17 heavy (non-hydrogen) atoms. The zero-order valence-electron chi connectivity index (χ0n) is 11.0. The fourth-order valence-corrected chi connectivity index (χ4v) is 3.03. The van der Waals surface area contributed by atoms with Gasteiger partial charge in [0.05, 0.1) is 0 Å². The van der Waals surface area contributed by atoms with Crippen LogP contribution < -0.4 is 5.73 Å². The van der Waals surface area contributed by atoms with Gasteiger partial charge in [-0.15, -0.1) is 0 Å². The van der Waals surface area contributed by atoms with Crippen LogP contribution in [0.15, 0.2) is 24.3 Å². The second-order valence-corrected chi connectivity index (χ2v) is 4.96. The number of rotatable bonds is 4. The summed E-state index contributed by atoms with van der Waals surface area (Å²) in [6.45, 7) is 6.75. The summed E-state index contributed by atoms with van der Waals surface area (Å²) in [7, 11) is 0. The van der Waals surface area contributed by atoms with E-state index in [9.17, 15) is 0 Å². The Bertz CT molecular complexity index is 362. The lowest BCUT2D eigenvalue weighted by atomic mass is 9.83. The maximum Gasteiger partial charge on any atom is 0.0455 e. The first-order chi connectivity index (χ1) is 8.27. The Morgan fingerprint density at radius 1 is 1.29 bits per heavy atom. The zero-order chi connectivity index (χ0) is 12.3. The predicted molar refractivity (Wildman–Crippen MR) is 73.0 cm³/mol. The second kappa shape index (κ2) is 5.65. The van der Waals surface area contributed by atoms with Crippen LogP contribution in [0.4, 0.5) is 0 Å². The van der Waals surface area contributed by atoms with Crippen molar-refractivity contribution in [2.24, 2.45) is 5.73 Å². The molecule has 0 amide bonds. The molecule has 1 aromatic carbocycles. The molecule has 1 aliphatic carbocycles. The summed E-state index contributed by atoms with van der Waals surface area (Å²) in [5.41, 5.74) is 9.26. The highest BCUT2D eigenvalue weighted by Crippen LogP contribution is 2.31. The van der Waals surface area contributed by atoms with Crippen molar-refractivity contribution in [1.82, 2.24) is 4.90 Å². The Morgan fingerprint density at radius 2 is 2.06 bits per heavy atom. The van der Waals surface area contributed by atoms with E-state index < -0.39 is 0 Å². The molecular weight excluding hydrogens is 208 g/mol. The van der Waals surface area contributed by atoms with E-state index in [-0.39, 0.29) is 6.04 Å². The van der Waals surface area contributed by atoms with Crippen LogP contribution in [0.25, 0.3) is 0 Å². The summed E-state index contributed by atoms with van der Waals surface area (Å²) in [6.07, 6.45) is 3.58. The van der Waals surface area contributed by atoms with Crippen molar-refractivity contribution in [3.8, 4) is 0 Å². The smallest absolute Gasteiger partial charge is 0.0455 e. The Hall–Kier alpha value is -0.860. The minimum Gasteiger partial charge on any atom is -0.323 e. The van der Waals surface area contributed by atoms with E-state index in [1.165, 1.54) is 30.4 Å². The van der Waals surface area contributed by atoms with Gasteiger partial charge in [-0.3, -0.25) is 4.90 Å². The number of nitrogens with zero attached hydrogens (tertiary/aromatic N) is 1. The largest absolute Gasteiger partial charge is 0.323 e. The lowest BCUT2D eigenvalue weighted by molar-refractivity contribution is 0.163. The third-order valence-corrected chi connectivity index (χ3v) is 3.92. The monoisotopic (exact) mass is 232 g/mol. The molecule has 0 radical (unpaired) electrons. The molecule has 0 saturated carbocycles. The maximum atomic E-state index is 6.46. The topological polar surface area (TPSA) is 29.3 Å². The summed E-state index contributed by atoms with van der Waals surface area (Å²) < 4.78 is 0. The fourth-order valence-electron chi connectivity index (χ4n) is 3.03. The van der Waals surface area contributed by atoms with Crippen LogP contribution in [0.1, 0.15) is 43.9 Å². The third kappa shape index (κ3) is 2.53. The summed E-state index contributed by atoms with van der Waals surface area (Å²) in [5.74, 6) is 0. The maximum absolute atomic E-state index is 6.46. The molecule has 2 unspecified atom stereocenters. The first-order valence-electron chi connectivity index (χ1n) is 6.85. The lowest BCUT2D eigenvalue weighted by Crippen LogP contribution is -2.45. The molecule has 1 aromatic rings. The highest BCUT2D eigenvalue weighted by Gasteiger charge is 2.29. The predicted octanol–water partition coefficient (Wildman–Crippen LogP) is 2.73. The lowest BCUT2D eigenvalue weighted by Gasteiger charge is -2.38. The van der Waals surface area contributed by atoms with Crippen LogP contribution in [0, 0.1) is 0 Å². The summed E-state index contributed by atoms with van der Waals surface area (Å²) in [5, 5.41) is 0. The molecule has 2 rings (SSSR count). The van der Waals surface area contributed by atoms with Crippen molar-refractivity contribution >= 4 is 0 Å². The van der Waals surface area contributed by atoms with Gasteiger partial charge in [0.15, 0.2) is 0 Å². The van der Waals surface area contributed by atoms with Crippen LogP contribution in [0.5, 0.6) is 0 Å². The summed E-state index contributed by atoms with van der Waals surface area (Å²) in [6, 6.07) is 9.36. The van der Waals surface area contributed by atoms with Gasteiger partial charge in [0, 0.05) is 12.1 Å². The molecule has 0 heterocycles. The van der Waals surface area contributed by atoms with Crippen molar-refractivity contribution < 1.29 is 0 Å². The normalized spacial score (nSPS) is 23.8. The van der Waals surface area contributed by atoms with Gasteiger partial charge < -0.3 is 5.73 Å². The van der Waals surface area contributed by atoms with Gasteiger partial charge in [0.25, 0.3) is 0 Å². The molecule has 1 aliphatic rings. The molecule has 0 bridgehead atoms. The van der Waals surface area contributed by atoms with Gasteiger partial charge in [-0.05, 0) is 43.5 Å². The zero-order valence-corrected chi connectivity index (χ0v) is 11.0. The van der Waals surface area contributed by atoms with Gasteiger partial charge >= 0.3 is 0 Å². The number of nitrogens with two attached hydrogens (primary N) is 1. The molecule has 0 fully saturated rings. The highest BCUT2D eigenvalue weighted by molar-refractivity contribution is 5.33. The Morgan fingerprint density at radius 3 is 2.76 bits per heavy atom. The summed E-state index contributed by atoms with van der Waals surface area (Å²) in [4.78, 5) is 2.54. The van der Waals surface area contributed by atoms with E-state index in [0.717, 1.165) is 13.1 Å². The molecule has 0 aromatic heterocycles. The quantitative estimate of drug-likeness (QED) is 0.865. The minimum absolute atomic E-state index is 0.187. The number of benzene rings is 1. The van der Waals surface area contributed by atoms with Crippen LogP contribution in [-0.2, 0) is 6.42 Å². The summed E-state index contributed by atoms with van der Waals surface area (Å²) >= 11 is 0. The van der Waals surface area contributed by atoms with Crippen LogP contribution in [-0.4, -0.2) is 24.0 Å². The molecule has 0 spiro atoms. The first kappa shape index (κ1) is 12.6. The van der Waals surface area contributed by atoms with Crippen LogP contribution in [0.3, 0.4) is 0 Å². The van der Waals surface area contributed by atoms with Gasteiger partial charge in [-0.25, -0.2) is 0 Å². The number of hydrogen-bond acceptors (Lipinski definition) is 2. The Labute approximate surface area is 105 Å². The molecular formula is C15H24N2. The van der Waals surface area contributed by atoms with E-state index in [0.29, 0.717) is 6.04 Å². The molecule has 2 atom stereocenters. The van der Waals surface area contributed by atoms with Gasteiger partial charge in [-0.2, -0.15) is 0 Å². The van der Waals surface area contributed by atoms with E-state index in [1.807, 2.05) is 0 Å². The number of hydrogen-bond donors (Lipinski definition) is 1. The van der Waals surface area contributed by atoms with Gasteiger partial charge in [0.1, 0.15) is 0 Å². The number of aryl methyl sites for hydroxylation is 1. The number of fused-ring (bicyclic) bond motifs is 1. The van der Waals surface area contributed by atoms with E-state index >= 15 is 0 Å². The third-order valence-electron chi connectivity index (χ3n) is 3.92. The molecule has 0 aliphatic heterocycles. The molecule has 2 nitrogen and oxygen atoms in total. The Balaban J connectivity index is 2.18. The van der Waals surface area contributed by atoms with Gasteiger partial charge in [0.2, 0.25) is 0 Å². The van der Waals surface area contributed by atoms with Crippen molar-refractivity contribution in [2.75, 3.05) is 13.1 Å². The average Bonchev–Trinajstić information content (AvgIpc) is 2.37. The van der Waals surface area contributed by atoms with Crippen molar-refractivity contribution in [3.63, 3.8) is 0 Å². The minimum atomic E-state index is 0.187. The number of likely N-dealkylation sites (N-methyl/N-ethyl adjacent to an activating group) is 1. The second-order valence-electron chi connectivity index (χ2n) is 4.96. The molecule has 94 valence electrons. The highest BCUT2D eigenvalue weighted by atomic mass is 15.2. The van der Waals surface area contributed by atoms with Crippen molar-refractivity contribution in [2.45, 2.75) is 45.2 Å². The average molecular weight is 232 g/mol. The van der Waals surface area contributed by atoms with Crippen molar-refractivity contribution in [3.05, 3.63) is 35.4 Å². The molecule has 2 heteroatoms. The van der Waals surface area contributed by atoms with Crippen LogP contribution in [0.2, 0.25) is 0 Å². The Kier molecular flexibility index (Phi) is 4.19. The molecule has 0 saturated heterocycles. The van der Waals surface area contributed by atoms with Crippen molar-refractivity contribution in [1.29, 1.82) is 0 Å². The van der Waals surface area contributed by atoms with Crippen LogP contribution >= 0.6 is 0 Å². The van der Waals surface area contributed by atoms with E-state index in [1.54, 1.807) is 0 Å². The standard InChI is InChI=1S/C15H24N2/c1-3-11-17(4-2)14-10-9-12-7-5-6-8-13(12)15(14)16/h5-8,14-15H,3-4,9-11,16H2,1-2H3. The van der Waals surface area contributed by atoms with Gasteiger partial charge in [-0.1, -0.05) is 38.1 Å². The van der Waals surface area contributed by atoms with E-state index in [2.05, 4.69) is 43.0 Å². The fraction of sp³-hybridized carbons (Fsp3) is 0.600. The first-order valence-corrected chi connectivity index (χ1v) is 6.85.